The molecule has 34 heavy (non-hydrogen) atoms. The number of piperidine rings is 1. The van der Waals surface area contributed by atoms with Crippen LogP contribution in [-0.4, -0.2) is 71.1 Å². The van der Waals surface area contributed by atoms with Crippen LogP contribution >= 0.6 is 0 Å². The Morgan fingerprint density at radius 3 is 2.56 bits per heavy atom. The Labute approximate surface area is 202 Å². The van der Waals surface area contributed by atoms with E-state index in [1.54, 1.807) is 0 Å². The molecule has 0 bridgehead atoms. The summed E-state index contributed by atoms with van der Waals surface area (Å²) < 4.78 is 1.99. The van der Waals surface area contributed by atoms with Gasteiger partial charge in [0.2, 0.25) is 5.91 Å². The maximum Gasteiger partial charge on any atom is 0.223 e. The molecule has 1 N–H and O–H groups in total. The maximum absolute atomic E-state index is 12.8. The predicted octanol–water partition coefficient (Wildman–Crippen LogP) is 3.27. The van der Waals surface area contributed by atoms with Crippen molar-refractivity contribution in [2.75, 3.05) is 45.2 Å². The first-order chi connectivity index (χ1) is 16.3. The summed E-state index contributed by atoms with van der Waals surface area (Å²) >= 11 is 0. The molecule has 1 saturated heterocycles. The van der Waals surface area contributed by atoms with Crippen LogP contribution < -0.4 is 10.2 Å². The number of rotatable bonds is 7. The number of benzene rings is 1. The molecule has 2 aromatic heterocycles. The Hall–Kier alpha value is -3.00. The second-order valence-corrected chi connectivity index (χ2v) is 9.93. The van der Waals surface area contributed by atoms with Crippen molar-refractivity contribution < 1.29 is 4.79 Å². The lowest BCUT2D eigenvalue weighted by Crippen LogP contribution is -2.46. The molecule has 0 spiro atoms. The van der Waals surface area contributed by atoms with Crippen molar-refractivity contribution in [3.05, 3.63) is 41.2 Å². The predicted molar refractivity (Wildman–Crippen MR) is 137 cm³/mol. The largest absolute Gasteiger partial charge is 0.356 e. The van der Waals surface area contributed by atoms with Gasteiger partial charge in [0.1, 0.15) is 5.52 Å². The van der Waals surface area contributed by atoms with E-state index in [1.807, 2.05) is 11.6 Å². The minimum absolute atomic E-state index is 0.0244. The number of carbonyl (C=O) groups is 1. The molecule has 1 aliphatic heterocycles. The van der Waals surface area contributed by atoms with E-state index in [2.05, 4.69) is 84.4 Å². The molecule has 8 nitrogen and oxygen atoms in total. The zero-order valence-electron chi connectivity index (χ0n) is 21.3. The first-order valence-electron chi connectivity index (χ1n) is 12.2. The number of anilines is 1. The third-order valence-corrected chi connectivity index (χ3v) is 6.89. The van der Waals surface area contributed by atoms with Crippen molar-refractivity contribution in [1.82, 2.24) is 30.2 Å². The summed E-state index contributed by atoms with van der Waals surface area (Å²) in [7, 11) is 4.10. The normalized spacial score (nSPS) is 18.6. The molecule has 2 atom stereocenters. The second-order valence-electron chi connectivity index (χ2n) is 9.93. The van der Waals surface area contributed by atoms with E-state index in [4.69, 9.17) is 5.10 Å². The van der Waals surface area contributed by atoms with Gasteiger partial charge in [0.15, 0.2) is 5.82 Å². The quantitative estimate of drug-likeness (QED) is 0.542. The van der Waals surface area contributed by atoms with E-state index in [0.29, 0.717) is 0 Å². The number of aryl methyl sites for hydroxylation is 3. The fourth-order valence-corrected chi connectivity index (χ4v) is 4.93. The molecule has 1 amide bonds. The molecule has 1 aromatic carbocycles. The van der Waals surface area contributed by atoms with E-state index in [1.165, 1.54) is 5.56 Å². The lowest BCUT2D eigenvalue weighted by atomic mass is 9.86. The number of fused-ring (bicyclic) bond motifs is 1. The average Bonchev–Trinajstić information content (AvgIpc) is 3.15. The fraction of sp³-hybridized carbons (Fsp3) is 0.538. The van der Waals surface area contributed by atoms with Gasteiger partial charge in [-0.15, -0.1) is 5.10 Å². The molecular formula is C26H37N7O. The van der Waals surface area contributed by atoms with Crippen molar-refractivity contribution in [2.45, 2.75) is 40.5 Å². The third kappa shape index (κ3) is 4.92. The van der Waals surface area contributed by atoms with Crippen LogP contribution in [0.3, 0.4) is 0 Å². The summed E-state index contributed by atoms with van der Waals surface area (Å²) in [5.74, 6) is 1.23. The first-order valence-corrected chi connectivity index (χ1v) is 12.2. The first kappa shape index (κ1) is 24.1. The van der Waals surface area contributed by atoms with Gasteiger partial charge in [0.05, 0.1) is 22.5 Å². The number of nitrogens with one attached hydrogen (secondary N) is 1. The molecule has 182 valence electrons. The molecule has 8 heteroatoms. The number of hydrogen-bond donors (Lipinski definition) is 1. The number of hydrogen-bond acceptors (Lipinski definition) is 6. The number of amides is 1. The van der Waals surface area contributed by atoms with Crippen LogP contribution in [0, 0.1) is 32.6 Å². The number of carbonyl (C=O) groups excluding carboxylic acids is 1. The van der Waals surface area contributed by atoms with Crippen LogP contribution in [0.2, 0.25) is 0 Å². The summed E-state index contributed by atoms with van der Waals surface area (Å²) in [4.78, 5) is 17.2. The Morgan fingerprint density at radius 1 is 1.15 bits per heavy atom. The Bertz CT molecular complexity index is 1150. The van der Waals surface area contributed by atoms with Crippen LogP contribution in [0.1, 0.15) is 36.7 Å². The Balaban J connectivity index is 1.53. The van der Waals surface area contributed by atoms with Gasteiger partial charge in [-0.25, -0.2) is 4.68 Å². The van der Waals surface area contributed by atoms with Crippen molar-refractivity contribution in [3.8, 4) is 5.69 Å². The van der Waals surface area contributed by atoms with E-state index in [-0.39, 0.29) is 17.7 Å². The van der Waals surface area contributed by atoms with Crippen molar-refractivity contribution in [2.24, 2.45) is 11.8 Å². The highest BCUT2D eigenvalue weighted by molar-refractivity contribution is 5.92. The summed E-state index contributed by atoms with van der Waals surface area (Å²) in [6, 6.07) is 8.39. The van der Waals surface area contributed by atoms with Crippen LogP contribution in [0.5, 0.6) is 0 Å². The molecule has 0 unspecified atom stereocenters. The zero-order valence-corrected chi connectivity index (χ0v) is 21.3. The third-order valence-electron chi connectivity index (χ3n) is 6.89. The van der Waals surface area contributed by atoms with Gasteiger partial charge in [-0.2, -0.15) is 10.2 Å². The van der Waals surface area contributed by atoms with Crippen molar-refractivity contribution >= 4 is 22.6 Å². The smallest absolute Gasteiger partial charge is 0.223 e. The van der Waals surface area contributed by atoms with Gasteiger partial charge in [-0.05, 0) is 72.3 Å². The molecular weight excluding hydrogens is 426 g/mol. The highest BCUT2D eigenvalue weighted by Crippen LogP contribution is 2.33. The Morgan fingerprint density at radius 2 is 1.88 bits per heavy atom. The molecule has 3 aromatic rings. The van der Waals surface area contributed by atoms with Crippen LogP contribution in [0.25, 0.3) is 16.6 Å². The molecule has 1 aliphatic rings. The van der Waals surface area contributed by atoms with Gasteiger partial charge in [0, 0.05) is 25.6 Å². The standard InChI is InChI=1S/C26H37N7O/c1-17-8-10-21(11-9-17)33-20(4)23-19(3)28-29-25(24(23)30-33)32-15-12-22(18(2)16-32)26(34)27-13-7-14-31(5)6/h8-11,18,22H,7,12-16H2,1-6H3,(H,27,34)/t18-,22+/m1/s1. The molecule has 3 heterocycles. The average molecular weight is 464 g/mol. The van der Waals surface area contributed by atoms with Crippen LogP contribution in [0.4, 0.5) is 5.82 Å². The van der Waals surface area contributed by atoms with Crippen molar-refractivity contribution in [1.29, 1.82) is 0 Å². The lowest BCUT2D eigenvalue weighted by Gasteiger charge is -2.36. The zero-order chi connectivity index (χ0) is 24.4. The summed E-state index contributed by atoms with van der Waals surface area (Å²) in [6.45, 7) is 11.6. The van der Waals surface area contributed by atoms with Crippen LogP contribution in [0.15, 0.2) is 24.3 Å². The lowest BCUT2D eigenvalue weighted by molar-refractivity contribution is -0.127. The summed E-state index contributed by atoms with van der Waals surface area (Å²) in [5.41, 5.74) is 5.08. The molecule has 4 rings (SSSR count). The number of aromatic nitrogens is 4. The van der Waals surface area contributed by atoms with Gasteiger partial charge >= 0.3 is 0 Å². The van der Waals surface area contributed by atoms with E-state index >= 15 is 0 Å². The van der Waals surface area contributed by atoms with Gasteiger partial charge in [0.25, 0.3) is 0 Å². The number of nitrogens with zero attached hydrogens (tertiary/aromatic N) is 6. The molecule has 1 fully saturated rings. The molecule has 0 saturated carbocycles. The minimum atomic E-state index is 0.0244. The second kappa shape index (κ2) is 10.1. The van der Waals surface area contributed by atoms with E-state index < -0.39 is 0 Å². The molecule has 0 radical (unpaired) electrons. The topological polar surface area (TPSA) is 79.2 Å². The Kier molecular flexibility index (Phi) is 7.16. The minimum Gasteiger partial charge on any atom is -0.356 e. The monoisotopic (exact) mass is 463 g/mol. The van der Waals surface area contributed by atoms with Gasteiger partial charge < -0.3 is 15.1 Å². The highest BCUT2D eigenvalue weighted by Gasteiger charge is 2.33. The van der Waals surface area contributed by atoms with Gasteiger partial charge in [-0.3, -0.25) is 4.79 Å². The van der Waals surface area contributed by atoms with Gasteiger partial charge in [-0.1, -0.05) is 24.6 Å². The molecule has 0 aliphatic carbocycles. The van der Waals surface area contributed by atoms with Crippen LogP contribution in [-0.2, 0) is 4.79 Å². The van der Waals surface area contributed by atoms with Crippen molar-refractivity contribution in [3.63, 3.8) is 0 Å². The fourth-order valence-electron chi connectivity index (χ4n) is 4.93. The summed E-state index contributed by atoms with van der Waals surface area (Å²) in [5, 5.41) is 18.2. The highest BCUT2D eigenvalue weighted by atomic mass is 16.1. The van der Waals surface area contributed by atoms with E-state index in [9.17, 15) is 4.79 Å². The maximum atomic E-state index is 12.8. The van der Waals surface area contributed by atoms with E-state index in [0.717, 1.165) is 72.8 Å². The summed E-state index contributed by atoms with van der Waals surface area (Å²) in [6.07, 6.45) is 1.77. The SMILES string of the molecule is Cc1ccc(-n2nc3c(N4CC[C@H](C(=O)NCCCN(C)C)[C@H](C)C4)nnc(C)c3c2C)cc1.